The normalized spacial score (nSPS) is 20.7. The number of piperidine rings is 1. The fourth-order valence-corrected chi connectivity index (χ4v) is 5.76. The highest BCUT2D eigenvalue weighted by molar-refractivity contribution is 8.16. The molecule has 2 saturated heterocycles. The number of hydrogen-bond donors (Lipinski definition) is 2. The van der Waals surface area contributed by atoms with Gasteiger partial charge in [0.05, 0.1) is 24.8 Å². The Balaban J connectivity index is 0.000000281. The zero-order chi connectivity index (χ0) is 26.2. The topological polar surface area (TPSA) is 69.2 Å². The van der Waals surface area contributed by atoms with E-state index in [0.29, 0.717) is 18.5 Å². The van der Waals surface area contributed by atoms with Crippen molar-refractivity contribution < 1.29 is 9.53 Å². The van der Waals surface area contributed by atoms with E-state index in [-0.39, 0.29) is 6.04 Å². The first kappa shape index (κ1) is 30.7. The number of unbranched alkanes of at least 4 members (excludes halogenated alkanes) is 2. The van der Waals surface area contributed by atoms with Gasteiger partial charge in [-0.15, -0.1) is 13.2 Å². The Morgan fingerprint density at radius 1 is 1.25 bits per heavy atom. The summed E-state index contributed by atoms with van der Waals surface area (Å²) < 4.78 is 5.32. The lowest BCUT2D eigenvalue weighted by atomic mass is 9.98. The second kappa shape index (κ2) is 17.9. The molecule has 0 aromatic rings. The maximum absolute atomic E-state index is 10.7. The summed E-state index contributed by atoms with van der Waals surface area (Å²) in [7, 11) is 1.95. The number of aliphatic imine (C=N–C) groups is 1. The highest BCUT2D eigenvalue weighted by Crippen LogP contribution is 2.28. The molecule has 3 rings (SSSR count). The van der Waals surface area contributed by atoms with Crippen molar-refractivity contribution in [2.24, 2.45) is 10.9 Å². The Labute approximate surface area is 227 Å². The summed E-state index contributed by atoms with van der Waals surface area (Å²) in [4.78, 5) is 19.9. The van der Waals surface area contributed by atoms with E-state index in [1.807, 2.05) is 24.6 Å². The number of thioether (sulfide) groups is 1. The first-order valence-electron chi connectivity index (χ1n) is 13.2. The van der Waals surface area contributed by atoms with Crippen LogP contribution < -0.4 is 10.6 Å². The van der Waals surface area contributed by atoms with Crippen LogP contribution in [-0.4, -0.2) is 97.9 Å². The number of carbonyl (C=O) groups is 1. The molecule has 2 unspecified atom stereocenters. The molecule has 3 heterocycles. The van der Waals surface area contributed by atoms with Crippen LogP contribution >= 0.6 is 24.0 Å². The first-order chi connectivity index (χ1) is 17.6. The van der Waals surface area contributed by atoms with Crippen molar-refractivity contribution in [3.05, 3.63) is 36.3 Å². The monoisotopic (exact) mass is 535 g/mol. The summed E-state index contributed by atoms with van der Waals surface area (Å²) >= 11 is 7.10. The van der Waals surface area contributed by atoms with Crippen molar-refractivity contribution in [1.29, 1.82) is 0 Å². The summed E-state index contributed by atoms with van der Waals surface area (Å²) in [5, 5.41) is 10.6. The van der Waals surface area contributed by atoms with Crippen LogP contribution in [0, 0.1) is 5.92 Å². The van der Waals surface area contributed by atoms with Crippen LogP contribution in [0.15, 0.2) is 41.3 Å². The zero-order valence-corrected chi connectivity index (χ0v) is 23.8. The molecular weight excluding hydrogens is 490 g/mol. The van der Waals surface area contributed by atoms with Crippen molar-refractivity contribution >= 4 is 40.4 Å². The summed E-state index contributed by atoms with van der Waals surface area (Å²) in [6.07, 6.45) is 10.7. The Bertz CT molecular complexity index is 759. The van der Waals surface area contributed by atoms with Gasteiger partial charge in [-0.3, -0.25) is 14.7 Å². The van der Waals surface area contributed by atoms with E-state index < -0.39 is 0 Å². The summed E-state index contributed by atoms with van der Waals surface area (Å²) in [5.74, 6) is 0.522. The third-order valence-corrected chi connectivity index (χ3v) is 8.28. The number of likely N-dealkylation sites (tertiary alicyclic amines) is 1. The SMILES string of the molecule is C=CC(NC)C(C=C)N1CCOCC1.CCCCCNC(=S)N1CCC(C2=NCC(C=O)=CS2)CC1. The molecular formula is C27H45N5O2S2. The Kier molecular flexibility index (Phi) is 15.2. The van der Waals surface area contributed by atoms with Gasteiger partial charge in [-0.05, 0) is 43.9 Å². The van der Waals surface area contributed by atoms with E-state index in [9.17, 15) is 4.79 Å². The van der Waals surface area contributed by atoms with Crippen LogP contribution in [0.3, 0.4) is 0 Å². The smallest absolute Gasteiger partial charge is 0.168 e. The standard InChI is InChI=1S/C16H25N3OS2.C11H20N2O/c1-2-3-4-7-17-16(21)19-8-5-14(6-9-19)15-18-10-13(11-20)12-22-15;1-4-10(12-3)11(5-2)13-6-8-14-9-7-13/h11-12,14H,2-10H2,1H3,(H,17,21);4-5,10-12H,1-2,6-9H2,3H3. The fourth-order valence-electron chi connectivity index (χ4n) is 4.51. The van der Waals surface area contributed by atoms with Gasteiger partial charge < -0.3 is 20.3 Å². The maximum Gasteiger partial charge on any atom is 0.168 e. The predicted molar refractivity (Wildman–Crippen MR) is 158 cm³/mol. The number of rotatable bonds is 11. The lowest BCUT2D eigenvalue weighted by Gasteiger charge is -2.36. The lowest BCUT2D eigenvalue weighted by Crippen LogP contribution is -2.51. The van der Waals surface area contributed by atoms with Gasteiger partial charge in [0.25, 0.3) is 0 Å². The van der Waals surface area contributed by atoms with E-state index in [1.165, 1.54) is 24.3 Å². The highest BCUT2D eigenvalue weighted by Gasteiger charge is 2.26. The molecule has 3 aliphatic rings. The number of aldehydes is 1. The third kappa shape index (κ3) is 10.1. The van der Waals surface area contributed by atoms with Gasteiger partial charge in [-0.25, -0.2) is 0 Å². The van der Waals surface area contributed by atoms with Crippen molar-refractivity contribution in [2.75, 3.05) is 59.5 Å². The average Bonchev–Trinajstić information content (AvgIpc) is 2.95. The molecule has 2 atom stereocenters. The second-order valence-electron chi connectivity index (χ2n) is 9.21. The molecule has 0 aromatic carbocycles. The Hall–Kier alpha value is -1.52. The predicted octanol–water partition coefficient (Wildman–Crippen LogP) is 3.64. The number of carbonyl (C=O) groups excluding carboxylic acids is 1. The van der Waals surface area contributed by atoms with Gasteiger partial charge >= 0.3 is 0 Å². The summed E-state index contributed by atoms with van der Waals surface area (Å²) in [6, 6.07) is 0.590. The minimum absolute atomic E-state index is 0.269. The molecule has 202 valence electrons. The second-order valence-corrected chi connectivity index (χ2v) is 10.5. The van der Waals surface area contributed by atoms with Gasteiger partial charge in [0.2, 0.25) is 0 Å². The highest BCUT2D eigenvalue weighted by atomic mass is 32.2. The van der Waals surface area contributed by atoms with E-state index >= 15 is 0 Å². The van der Waals surface area contributed by atoms with Crippen LogP contribution in [0.25, 0.3) is 0 Å². The molecule has 2 fully saturated rings. The molecule has 0 spiro atoms. The van der Waals surface area contributed by atoms with Gasteiger partial charge in [0, 0.05) is 56.3 Å². The minimum Gasteiger partial charge on any atom is -0.379 e. The average molecular weight is 536 g/mol. The number of morpholine rings is 1. The number of hydrogen-bond acceptors (Lipinski definition) is 7. The van der Waals surface area contributed by atoms with Gasteiger partial charge in [0.15, 0.2) is 5.11 Å². The summed E-state index contributed by atoms with van der Waals surface area (Å²) in [6.45, 7) is 17.0. The summed E-state index contributed by atoms with van der Waals surface area (Å²) in [5.41, 5.74) is 0.781. The molecule has 9 heteroatoms. The first-order valence-corrected chi connectivity index (χ1v) is 14.5. The van der Waals surface area contributed by atoms with Crippen LogP contribution in [0.4, 0.5) is 0 Å². The molecule has 0 bridgehead atoms. The lowest BCUT2D eigenvalue weighted by molar-refractivity contribution is -0.104. The molecule has 3 aliphatic heterocycles. The molecule has 36 heavy (non-hydrogen) atoms. The van der Waals surface area contributed by atoms with Crippen molar-refractivity contribution in [2.45, 2.75) is 51.1 Å². The molecule has 0 saturated carbocycles. The molecule has 0 radical (unpaired) electrons. The molecule has 0 aromatic heterocycles. The largest absolute Gasteiger partial charge is 0.379 e. The minimum atomic E-state index is 0.269. The van der Waals surface area contributed by atoms with Crippen LogP contribution in [-0.2, 0) is 9.53 Å². The van der Waals surface area contributed by atoms with E-state index in [4.69, 9.17) is 17.0 Å². The van der Waals surface area contributed by atoms with Gasteiger partial charge in [-0.1, -0.05) is 43.7 Å². The van der Waals surface area contributed by atoms with Crippen molar-refractivity contribution in [1.82, 2.24) is 20.4 Å². The van der Waals surface area contributed by atoms with Gasteiger partial charge in [0.1, 0.15) is 6.29 Å². The molecule has 2 N–H and O–H groups in total. The van der Waals surface area contributed by atoms with Crippen LogP contribution in [0.5, 0.6) is 0 Å². The van der Waals surface area contributed by atoms with Crippen molar-refractivity contribution in [3.63, 3.8) is 0 Å². The van der Waals surface area contributed by atoms with Crippen LogP contribution in [0.1, 0.15) is 39.0 Å². The van der Waals surface area contributed by atoms with E-state index in [0.717, 1.165) is 75.8 Å². The van der Waals surface area contributed by atoms with E-state index in [2.05, 4.69) is 45.5 Å². The Morgan fingerprint density at radius 3 is 2.50 bits per heavy atom. The number of nitrogens with zero attached hydrogens (tertiary/aromatic N) is 3. The fraction of sp³-hybridized carbons (Fsp3) is 0.667. The van der Waals surface area contributed by atoms with Crippen molar-refractivity contribution in [3.8, 4) is 0 Å². The quantitative estimate of drug-likeness (QED) is 0.180. The molecule has 7 nitrogen and oxygen atoms in total. The maximum atomic E-state index is 10.7. The Morgan fingerprint density at radius 2 is 1.97 bits per heavy atom. The van der Waals surface area contributed by atoms with E-state index in [1.54, 1.807) is 11.8 Å². The number of likely N-dealkylation sites (N-methyl/N-ethyl adjacent to an activating group) is 1. The van der Waals surface area contributed by atoms with Crippen LogP contribution in [0.2, 0.25) is 0 Å². The molecule has 0 amide bonds. The van der Waals surface area contributed by atoms with Gasteiger partial charge in [-0.2, -0.15) is 0 Å². The third-order valence-electron chi connectivity index (χ3n) is 6.75. The zero-order valence-electron chi connectivity index (χ0n) is 22.1. The number of nitrogens with one attached hydrogen (secondary N) is 2. The molecule has 0 aliphatic carbocycles. The number of ether oxygens (including phenoxy) is 1. The number of thiocarbonyl (C=S) groups is 1.